The smallest absolute Gasteiger partial charge is 0.368 e. The molecule has 0 atom stereocenters. The molecule has 0 radical (unpaired) electrons. The molecule has 1 aromatic rings. The van der Waals surface area contributed by atoms with Crippen molar-refractivity contribution in [3.8, 4) is 0 Å². The molecule has 0 bridgehead atoms. The number of nitrogens with two attached hydrogens (primary N) is 1. The first kappa shape index (κ1) is 15.2. The highest BCUT2D eigenvalue weighted by molar-refractivity contribution is 5.58. The second-order valence-corrected chi connectivity index (χ2v) is 5.31. The van der Waals surface area contributed by atoms with E-state index < -0.39 is 11.7 Å². The lowest BCUT2D eigenvalue weighted by atomic mass is 10.0. The zero-order chi connectivity index (χ0) is 14.8. The summed E-state index contributed by atoms with van der Waals surface area (Å²) >= 11 is 0. The highest BCUT2D eigenvalue weighted by Gasteiger charge is 2.38. The quantitative estimate of drug-likeness (QED) is 0.866. The SMILES string of the molecule is CCCN(c1ccc(CCN)cc1C(F)(F)F)C1CC1. The Morgan fingerprint density at radius 1 is 1.30 bits per heavy atom. The van der Waals surface area contributed by atoms with Gasteiger partial charge in [0, 0.05) is 18.3 Å². The summed E-state index contributed by atoms with van der Waals surface area (Å²) in [6, 6.07) is 4.91. The third-order valence-corrected chi connectivity index (χ3v) is 3.56. The van der Waals surface area contributed by atoms with Crippen molar-refractivity contribution in [3.63, 3.8) is 0 Å². The van der Waals surface area contributed by atoms with Gasteiger partial charge in [0.2, 0.25) is 0 Å². The average molecular weight is 286 g/mol. The molecular weight excluding hydrogens is 265 g/mol. The van der Waals surface area contributed by atoms with Gasteiger partial charge in [-0.3, -0.25) is 0 Å². The van der Waals surface area contributed by atoms with E-state index in [9.17, 15) is 13.2 Å². The summed E-state index contributed by atoms with van der Waals surface area (Å²) in [5.74, 6) is 0. The Balaban J connectivity index is 2.39. The van der Waals surface area contributed by atoms with Crippen LogP contribution in [0, 0.1) is 0 Å². The molecule has 0 heterocycles. The maximum atomic E-state index is 13.3. The lowest BCUT2D eigenvalue weighted by Crippen LogP contribution is -2.29. The van der Waals surface area contributed by atoms with Gasteiger partial charge in [0.1, 0.15) is 0 Å². The van der Waals surface area contributed by atoms with Crippen LogP contribution in [0.2, 0.25) is 0 Å². The van der Waals surface area contributed by atoms with Crippen molar-refractivity contribution in [2.75, 3.05) is 18.0 Å². The topological polar surface area (TPSA) is 29.3 Å². The van der Waals surface area contributed by atoms with Crippen molar-refractivity contribution in [2.45, 2.75) is 44.8 Å². The van der Waals surface area contributed by atoms with Crippen molar-refractivity contribution >= 4 is 5.69 Å². The molecule has 1 aliphatic carbocycles. The van der Waals surface area contributed by atoms with E-state index in [2.05, 4.69) is 0 Å². The van der Waals surface area contributed by atoms with E-state index in [0.29, 0.717) is 30.8 Å². The van der Waals surface area contributed by atoms with Crippen molar-refractivity contribution in [2.24, 2.45) is 5.73 Å². The normalized spacial score (nSPS) is 15.4. The van der Waals surface area contributed by atoms with E-state index in [1.165, 1.54) is 6.07 Å². The first-order chi connectivity index (χ1) is 9.47. The Hall–Kier alpha value is -1.23. The number of rotatable bonds is 6. The van der Waals surface area contributed by atoms with Gasteiger partial charge >= 0.3 is 6.18 Å². The predicted octanol–water partition coefficient (Wildman–Crippen LogP) is 3.59. The lowest BCUT2D eigenvalue weighted by molar-refractivity contribution is -0.137. The minimum atomic E-state index is -4.32. The van der Waals surface area contributed by atoms with E-state index in [0.717, 1.165) is 19.3 Å². The summed E-state index contributed by atoms with van der Waals surface area (Å²) in [4.78, 5) is 1.91. The molecule has 112 valence electrons. The number of hydrogen-bond acceptors (Lipinski definition) is 2. The van der Waals surface area contributed by atoms with Crippen molar-refractivity contribution in [1.29, 1.82) is 0 Å². The Morgan fingerprint density at radius 3 is 2.50 bits per heavy atom. The molecule has 1 aliphatic rings. The summed E-state index contributed by atoms with van der Waals surface area (Å²) in [6.45, 7) is 3.02. The molecular formula is C15H21F3N2. The van der Waals surface area contributed by atoms with Crippen LogP contribution in [0.3, 0.4) is 0 Å². The van der Waals surface area contributed by atoms with E-state index >= 15 is 0 Å². The summed E-state index contributed by atoms with van der Waals surface area (Å²) in [5, 5.41) is 0. The van der Waals surface area contributed by atoms with Crippen LogP contribution in [-0.2, 0) is 12.6 Å². The molecule has 0 saturated heterocycles. The largest absolute Gasteiger partial charge is 0.418 e. The average Bonchev–Trinajstić information content (AvgIpc) is 3.20. The fraction of sp³-hybridized carbons (Fsp3) is 0.600. The highest BCUT2D eigenvalue weighted by Crippen LogP contribution is 2.41. The molecule has 0 aromatic heterocycles. The van der Waals surface area contributed by atoms with Gasteiger partial charge in [-0.25, -0.2) is 0 Å². The molecule has 1 fully saturated rings. The summed E-state index contributed by atoms with van der Waals surface area (Å²) < 4.78 is 39.9. The van der Waals surface area contributed by atoms with E-state index in [4.69, 9.17) is 5.73 Å². The molecule has 0 aliphatic heterocycles. The fourth-order valence-corrected chi connectivity index (χ4v) is 2.51. The molecule has 0 spiro atoms. The van der Waals surface area contributed by atoms with Crippen LogP contribution < -0.4 is 10.6 Å². The first-order valence-electron chi connectivity index (χ1n) is 7.14. The summed E-state index contributed by atoms with van der Waals surface area (Å²) in [6.07, 6.45) is -1.02. The second-order valence-electron chi connectivity index (χ2n) is 5.31. The Kier molecular flexibility index (Phi) is 4.58. The van der Waals surface area contributed by atoms with Gasteiger partial charge in [0.05, 0.1) is 5.56 Å². The van der Waals surface area contributed by atoms with Crippen LogP contribution >= 0.6 is 0 Å². The van der Waals surface area contributed by atoms with Gasteiger partial charge in [-0.05, 0) is 49.9 Å². The molecule has 2 N–H and O–H groups in total. The first-order valence-corrected chi connectivity index (χ1v) is 7.14. The van der Waals surface area contributed by atoms with Crippen LogP contribution in [0.25, 0.3) is 0 Å². The molecule has 1 saturated carbocycles. The van der Waals surface area contributed by atoms with Crippen molar-refractivity contribution in [1.82, 2.24) is 0 Å². The van der Waals surface area contributed by atoms with E-state index in [-0.39, 0.29) is 6.04 Å². The maximum absolute atomic E-state index is 13.3. The number of benzene rings is 1. The van der Waals surface area contributed by atoms with Crippen LogP contribution in [-0.4, -0.2) is 19.1 Å². The van der Waals surface area contributed by atoms with Crippen LogP contribution in [0.1, 0.15) is 37.3 Å². The van der Waals surface area contributed by atoms with Gasteiger partial charge in [-0.15, -0.1) is 0 Å². The van der Waals surface area contributed by atoms with Gasteiger partial charge in [0.15, 0.2) is 0 Å². The third-order valence-electron chi connectivity index (χ3n) is 3.56. The van der Waals surface area contributed by atoms with Crippen molar-refractivity contribution < 1.29 is 13.2 Å². The molecule has 2 rings (SSSR count). The predicted molar refractivity (Wildman–Crippen MR) is 74.9 cm³/mol. The van der Waals surface area contributed by atoms with Crippen LogP contribution in [0.4, 0.5) is 18.9 Å². The molecule has 5 heteroatoms. The number of anilines is 1. The number of hydrogen-bond donors (Lipinski definition) is 1. The highest BCUT2D eigenvalue weighted by atomic mass is 19.4. The van der Waals surface area contributed by atoms with E-state index in [1.807, 2.05) is 11.8 Å². The van der Waals surface area contributed by atoms with Crippen LogP contribution in [0.5, 0.6) is 0 Å². The number of halogens is 3. The Bertz CT molecular complexity index is 453. The Labute approximate surface area is 117 Å². The van der Waals surface area contributed by atoms with Gasteiger partial charge < -0.3 is 10.6 Å². The molecule has 1 aromatic carbocycles. The molecule has 2 nitrogen and oxygen atoms in total. The minimum absolute atomic E-state index is 0.274. The van der Waals surface area contributed by atoms with Crippen molar-refractivity contribution in [3.05, 3.63) is 29.3 Å². The van der Waals surface area contributed by atoms with E-state index in [1.54, 1.807) is 12.1 Å². The Morgan fingerprint density at radius 2 is 2.00 bits per heavy atom. The standard InChI is InChI=1S/C15H21F3N2/c1-2-9-20(12-4-5-12)14-6-3-11(7-8-19)10-13(14)15(16,17)18/h3,6,10,12H,2,4-5,7-9,19H2,1H3. The van der Waals surface area contributed by atoms with Gasteiger partial charge in [0.25, 0.3) is 0 Å². The van der Waals surface area contributed by atoms with Gasteiger partial charge in [-0.2, -0.15) is 13.2 Å². The molecule has 0 unspecified atom stereocenters. The van der Waals surface area contributed by atoms with Crippen LogP contribution in [0.15, 0.2) is 18.2 Å². The minimum Gasteiger partial charge on any atom is -0.368 e. The second kappa shape index (κ2) is 6.04. The maximum Gasteiger partial charge on any atom is 0.418 e. The number of alkyl halides is 3. The molecule has 20 heavy (non-hydrogen) atoms. The third kappa shape index (κ3) is 3.45. The number of nitrogens with zero attached hydrogens (tertiary/aromatic N) is 1. The molecule has 0 amide bonds. The lowest BCUT2D eigenvalue weighted by Gasteiger charge is -2.28. The zero-order valence-electron chi connectivity index (χ0n) is 11.7. The summed E-state index contributed by atoms with van der Waals surface area (Å²) in [5.41, 5.74) is 5.88. The fourth-order valence-electron chi connectivity index (χ4n) is 2.51. The summed E-state index contributed by atoms with van der Waals surface area (Å²) in [7, 11) is 0. The monoisotopic (exact) mass is 286 g/mol. The van der Waals surface area contributed by atoms with Gasteiger partial charge in [-0.1, -0.05) is 13.0 Å². The zero-order valence-corrected chi connectivity index (χ0v) is 11.7.